The third-order valence-electron chi connectivity index (χ3n) is 16.2. The average Bonchev–Trinajstić information content (AvgIpc) is 1.82. The summed E-state index contributed by atoms with van der Waals surface area (Å²) in [5.74, 6) is -12.3. The third-order valence-corrected chi connectivity index (χ3v) is 18.6. The van der Waals surface area contributed by atoms with Gasteiger partial charge in [0.2, 0.25) is 59.1 Å². The molecule has 0 radical (unpaired) electrons. The van der Waals surface area contributed by atoms with Crippen LogP contribution < -0.4 is 70.4 Å². The summed E-state index contributed by atoms with van der Waals surface area (Å²) in [5.41, 5.74) is 20.8. The molecule has 13 atom stereocenters. The third kappa shape index (κ3) is 25.0. The number of aliphatic carboxylic acids is 1. The second-order valence-corrected chi connectivity index (χ2v) is 26.6. The molecule has 0 unspecified atom stereocenters. The molecule has 6 rings (SSSR count). The van der Waals surface area contributed by atoms with Gasteiger partial charge in [-0.15, -0.1) is 0 Å². The highest BCUT2D eigenvalue weighted by Crippen LogP contribution is 2.24. The molecule has 1 aromatic heterocycles. The van der Waals surface area contributed by atoms with Crippen molar-refractivity contribution in [3.05, 3.63) is 138 Å². The van der Waals surface area contributed by atoms with E-state index in [1.54, 1.807) is 91.1 Å². The molecule has 0 aliphatic carbocycles. The molecule has 1 aliphatic rings. The van der Waals surface area contributed by atoms with Crippen LogP contribution in [0.4, 0.5) is 0 Å². The Morgan fingerprint density at radius 1 is 0.465 bits per heavy atom. The molecular weight excluding hydrogens is 1320 g/mol. The number of aromatic hydroxyl groups is 1. The van der Waals surface area contributed by atoms with E-state index in [9.17, 15) is 63.9 Å². The van der Waals surface area contributed by atoms with E-state index in [2.05, 4.69) is 58.2 Å². The van der Waals surface area contributed by atoms with Crippen molar-refractivity contribution in [2.24, 2.45) is 17.2 Å². The molecule has 1 saturated heterocycles. The van der Waals surface area contributed by atoms with Gasteiger partial charge >= 0.3 is 5.97 Å². The minimum atomic E-state index is -1.94. The number of rotatable bonds is 20. The van der Waals surface area contributed by atoms with Crippen molar-refractivity contribution < 1.29 is 78.3 Å². The Morgan fingerprint density at radius 2 is 0.848 bits per heavy atom. The van der Waals surface area contributed by atoms with Gasteiger partial charge in [0.05, 0.1) is 24.9 Å². The minimum Gasteiger partial charge on any atom is -0.508 e. The van der Waals surface area contributed by atoms with Crippen LogP contribution in [0.2, 0.25) is 0 Å². The lowest BCUT2D eigenvalue weighted by atomic mass is 10.00. The minimum absolute atomic E-state index is 0.0279. The average molecular weight is 1410 g/mol. The van der Waals surface area contributed by atoms with Gasteiger partial charge in [-0.3, -0.25) is 47.9 Å². The fourth-order valence-electron chi connectivity index (χ4n) is 10.6. The zero-order chi connectivity index (χ0) is 72.1. The van der Waals surface area contributed by atoms with Gasteiger partial charge in [0, 0.05) is 54.3 Å². The van der Waals surface area contributed by atoms with Crippen LogP contribution in [0.15, 0.2) is 115 Å². The maximum atomic E-state index is 15.2. The van der Waals surface area contributed by atoms with Crippen LogP contribution in [-0.4, -0.2) is 205 Å². The predicted octanol–water partition coefficient (Wildman–Crippen LogP) is -2.19. The Balaban J connectivity index is 1.43. The highest BCUT2D eigenvalue weighted by Gasteiger charge is 2.39. The van der Waals surface area contributed by atoms with Gasteiger partial charge < -0.3 is 101 Å². The highest BCUT2D eigenvalue weighted by atomic mass is 33.1. The normalized spacial score (nSPS) is 24.5. The quantitative estimate of drug-likeness (QED) is 0.0291. The first-order valence-corrected chi connectivity index (χ1v) is 34.9. The molecule has 5 aromatic rings. The molecule has 0 bridgehead atoms. The molecule has 536 valence electrons. The summed E-state index contributed by atoms with van der Waals surface area (Å²) in [6.07, 6.45) is -1.48. The molecule has 0 saturated carbocycles. The van der Waals surface area contributed by atoms with Crippen LogP contribution >= 0.6 is 21.6 Å². The Bertz CT molecular complexity index is 3520. The van der Waals surface area contributed by atoms with Crippen molar-refractivity contribution >= 4 is 97.5 Å². The van der Waals surface area contributed by atoms with Gasteiger partial charge in [0.25, 0.3) is 0 Å². The molecule has 22 N–H and O–H groups in total. The van der Waals surface area contributed by atoms with Crippen molar-refractivity contribution in [3.8, 4) is 5.75 Å². The first-order chi connectivity index (χ1) is 47.4. The molecule has 1 aliphatic heterocycles. The van der Waals surface area contributed by atoms with Crippen molar-refractivity contribution in [2.75, 3.05) is 31.2 Å². The number of aliphatic hydroxyl groups excluding tert-OH is 3. The van der Waals surface area contributed by atoms with E-state index in [4.69, 9.17) is 17.2 Å². The number of aromatic nitrogens is 1. The number of phenolic OH excluding ortho intramolecular Hbond substituents is 1. The van der Waals surface area contributed by atoms with Gasteiger partial charge in [0.15, 0.2) is 0 Å². The van der Waals surface area contributed by atoms with Crippen LogP contribution in [-0.2, 0) is 78.4 Å². The van der Waals surface area contributed by atoms with Crippen molar-refractivity contribution in [2.45, 2.75) is 157 Å². The topological polar surface area (TPSA) is 503 Å². The number of benzene rings is 4. The summed E-state index contributed by atoms with van der Waals surface area (Å²) >= 11 is 0. The van der Waals surface area contributed by atoms with Gasteiger partial charge in [-0.2, -0.15) is 0 Å². The maximum Gasteiger partial charge on any atom is 0.327 e. The number of amides is 10. The number of carboxylic acids is 1. The number of hydrogen-bond acceptors (Lipinski definition) is 20. The van der Waals surface area contributed by atoms with E-state index in [0.717, 1.165) is 35.4 Å². The number of carbonyl (C=O) groups is 11. The van der Waals surface area contributed by atoms with Crippen LogP contribution in [0.25, 0.3) is 10.9 Å². The number of H-pyrrole nitrogens is 1. The monoisotopic (exact) mass is 1410 g/mol. The second-order valence-electron chi connectivity index (χ2n) is 24.0. The number of unbranched alkanes of at least 4 members (excludes halogenated alkanes) is 2. The van der Waals surface area contributed by atoms with E-state index in [-0.39, 0.29) is 68.9 Å². The number of nitrogens with two attached hydrogens (primary N) is 3. The number of hydrogen-bond donors (Lipinski definition) is 19. The predicted molar refractivity (Wildman–Crippen MR) is 370 cm³/mol. The van der Waals surface area contributed by atoms with E-state index >= 15 is 14.4 Å². The number of para-hydroxylation sites is 1. The molecule has 2 heterocycles. The number of carboxylic acid groups (broad SMARTS) is 1. The molecule has 10 amide bonds. The largest absolute Gasteiger partial charge is 0.508 e. The number of nitrogens with one attached hydrogen (secondary N) is 11. The fourth-order valence-corrected chi connectivity index (χ4v) is 12.9. The summed E-state index contributed by atoms with van der Waals surface area (Å²) in [5, 5.41) is 78.9. The Morgan fingerprint density at radius 3 is 1.32 bits per heavy atom. The van der Waals surface area contributed by atoms with Gasteiger partial charge in [0.1, 0.15) is 66.2 Å². The molecule has 1 fully saturated rings. The number of phenols is 1. The first kappa shape index (κ1) is 78.8. The summed E-state index contributed by atoms with van der Waals surface area (Å²) in [6.45, 7) is 1.53. The van der Waals surface area contributed by atoms with Crippen LogP contribution in [0.1, 0.15) is 74.6 Å². The van der Waals surface area contributed by atoms with E-state index in [0.29, 0.717) is 52.4 Å². The highest BCUT2D eigenvalue weighted by molar-refractivity contribution is 8.76. The molecule has 0 spiro atoms. The Kier molecular flexibility index (Phi) is 31.9. The van der Waals surface area contributed by atoms with Crippen molar-refractivity contribution in [3.63, 3.8) is 0 Å². The Hall–Kier alpha value is -9.15. The Labute approximate surface area is 579 Å². The SMILES string of the molecule is C[C@@H](O)[C@@H]1NC(=O)[C@H](Cc2ccc(O)cc2)NC(=O)[C@H]([C@@H](C)O)NC(=O)[C@H](CCCCN)NC(=O)[C@@H](Cc2c[nH]c3ccccc23)NC(=O)[C@H](Cc2ccccc2)NC(=O)[C@H](Cc2ccccc2)NC(=O)[C@H](CCCCN)NC(=O)[C@@H](N)CSSC[C@@H](C(=O)O)NC(=O)[C@H](CO)NC1=O. The van der Waals surface area contributed by atoms with Crippen LogP contribution in [0.5, 0.6) is 5.75 Å². The zero-order valence-electron chi connectivity index (χ0n) is 54.9. The zero-order valence-corrected chi connectivity index (χ0v) is 56.5. The van der Waals surface area contributed by atoms with Crippen LogP contribution in [0.3, 0.4) is 0 Å². The molecule has 32 heteroatoms. The van der Waals surface area contributed by atoms with Crippen molar-refractivity contribution in [1.29, 1.82) is 0 Å². The van der Waals surface area contributed by atoms with Crippen molar-refractivity contribution in [1.82, 2.24) is 58.2 Å². The molecule has 4 aromatic carbocycles. The summed E-state index contributed by atoms with van der Waals surface area (Å²) in [6, 6.07) is 12.1. The van der Waals surface area contributed by atoms with E-state index in [1.165, 1.54) is 24.3 Å². The van der Waals surface area contributed by atoms with Gasteiger partial charge in [-0.05, 0) is 106 Å². The van der Waals surface area contributed by atoms with E-state index < -0.39 is 157 Å². The van der Waals surface area contributed by atoms with E-state index in [1.807, 2.05) is 0 Å². The number of carbonyl (C=O) groups excluding carboxylic acids is 10. The lowest BCUT2D eigenvalue weighted by Crippen LogP contribution is -2.63. The fraction of sp³-hybridized carbons (Fsp3) is 0.448. The van der Waals surface area contributed by atoms with Crippen LogP contribution in [0, 0.1) is 0 Å². The number of aliphatic hydroxyl groups is 3. The summed E-state index contributed by atoms with van der Waals surface area (Å²) < 4.78 is 0. The summed E-state index contributed by atoms with van der Waals surface area (Å²) in [4.78, 5) is 161. The molecule has 99 heavy (non-hydrogen) atoms. The first-order valence-electron chi connectivity index (χ1n) is 32.4. The lowest BCUT2D eigenvalue weighted by molar-refractivity contribution is -0.142. The smallest absolute Gasteiger partial charge is 0.327 e. The second kappa shape index (κ2) is 40.0. The molecular formula is C67H90N14O16S2. The lowest BCUT2D eigenvalue weighted by Gasteiger charge is -2.29. The van der Waals surface area contributed by atoms with Gasteiger partial charge in [-0.1, -0.05) is 113 Å². The van der Waals surface area contributed by atoms with Gasteiger partial charge in [-0.25, -0.2) is 4.79 Å². The number of aromatic amines is 1. The maximum absolute atomic E-state index is 15.2. The summed E-state index contributed by atoms with van der Waals surface area (Å²) in [7, 11) is 1.81. The standard InChI is InChI=1S/C67H90N14O16S2/c1-37(83)55-65(94)77-51(31-41-23-25-43(85)26-24-41)63(92)81-56(38(2)84)66(95)78-53(34-82)64(93)79-54(67(96)97)36-99-98-35-45(70)57(86)72-47(21-11-13-27-68)58(87)74-49(29-39-15-5-3-6-16-39)60(89)75-50(30-40-17-7-4-8-18-40)61(90)76-52(32-42-33-71-46-20-10-9-19-44(42)46)62(91)73-48(59(88)80-55)22-12-14-28-69/h3-10,15-20,23-26,33,37-38,45,47-56,71,82-85H,11-14,21-22,27-32,34-36,68-70H2,1-2H3,(H,72,86)(H,73,91)(H,74,87)(H,75,89)(H,76,90)(H,77,94)(H,78,95)(H,79,93)(H,80,88)(H,81,92)(H,96,97)/t37-,38-,45+,47+,48+,49+,50+,51+,52-,53+,54+,55+,56+/m1/s1. The number of fused-ring (bicyclic) bond motifs is 1. The molecule has 30 nitrogen and oxygen atoms in total.